The summed E-state index contributed by atoms with van der Waals surface area (Å²) >= 11 is 7.05. The summed E-state index contributed by atoms with van der Waals surface area (Å²) < 4.78 is 83.2. The first kappa shape index (κ1) is 53.8. The van der Waals surface area contributed by atoms with Crippen LogP contribution < -0.4 is 25.2 Å². The molecule has 384 valence electrons. The van der Waals surface area contributed by atoms with Crippen LogP contribution in [0.1, 0.15) is 82.7 Å². The number of nitriles is 1. The van der Waals surface area contributed by atoms with Crippen molar-refractivity contribution < 1.29 is 50.6 Å². The highest BCUT2D eigenvalue weighted by molar-refractivity contribution is 7.81. The van der Waals surface area contributed by atoms with Crippen LogP contribution >= 0.6 is 23.6 Å². The Bertz CT molecular complexity index is 2940. The maximum atomic E-state index is 15.4. The predicted octanol–water partition coefficient (Wildman–Crippen LogP) is 8.67. The number of thiazole rings is 1. The molecule has 2 atom stereocenters. The van der Waals surface area contributed by atoms with Crippen molar-refractivity contribution in [1.29, 1.82) is 5.26 Å². The summed E-state index contributed by atoms with van der Waals surface area (Å²) in [5, 5.41) is 14.6. The van der Waals surface area contributed by atoms with Crippen LogP contribution in [0.25, 0.3) is 21.8 Å². The lowest BCUT2D eigenvalue weighted by molar-refractivity contribution is -0.144. The molecule has 0 saturated carbocycles. The van der Waals surface area contributed by atoms with E-state index in [0.29, 0.717) is 43.7 Å². The van der Waals surface area contributed by atoms with Gasteiger partial charge in [-0.05, 0) is 106 Å². The fraction of sp³-hybridized carbons (Fsp3) is 0.392. The topological polar surface area (TPSA) is 183 Å². The maximum absolute atomic E-state index is 15.4. The molecule has 2 unspecified atom stereocenters. The molecule has 15 nitrogen and oxygen atoms in total. The summed E-state index contributed by atoms with van der Waals surface area (Å²) in [5.41, 5.74) is -0.645. The Morgan fingerprint density at radius 3 is 2.30 bits per heavy atom. The standard InChI is InChI=1S/C51H52F5N9O6S2/c1-29-42(73-28-61-29)31-13-11-30(12-14-31)24-60-45(67)37-10-9-19-63(37)46(68)43(49(2,3)4)62-39(66)27-70-20-7-8-21-71-38-18-16-32(22-35(38)52)44-58-25-34(26-59-44)65-48(72)64(47(69)50(65,5)6)36-17-15-33(23-57)40(41(36)53)51(54,55)56/h11-18,22,25-26,28,37,43H,7-10,19-21,24,27H2,1-6H3,(H,60,67)(H,62,66). The molecule has 0 bridgehead atoms. The van der Waals surface area contributed by atoms with Crippen molar-refractivity contribution in [3.63, 3.8) is 0 Å². The van der Waals surface area contributed by atoms with E-state index in [-0.39, 0.29) is 59.6 Å². The number of carbonyl (C=O) groups excluding carboxylic acids is 4. The van der Waals surface area contributed by atoms with Gasteiger partial charge >= 0.3 is 6.18 Å². The lowest BCUT2D eigenvalue weighted by atomic mass is 9.85. The second kappa shape index (κ2) is 22.0. The molecule has 5 aromatic rings. The van der Waals surface area contributed by atoms with Crippen LogP contribution in [0.15, 0.2) is 72.5 Å². The molecule has 4 amide bonds. The largest absolute Gasteiger partial charge is 0.491 e. The van der Waals surface area contributed by atoms with Crippen LogP contribution in [-0.4, -0.2) is 92.6 Å². The molecule has 2 aliphatic rings. The highest BCUT2D eigenvalue weighted by Crippen LogP contribution is 2.42. The van der Waals surface area contributed by atoms with Gasteiger partial charge in [-0.25, -0.2) is 23.7 Å². The molecule has 0 aliphatic carbocycles. The van der Waals surface area contributed by atoms with Gasteiger partial charge in [-0.2, -0.15) is 18.4 Å². The molecule has 4 heterocycles. The molecule has 0 radical (unpaired) electrons. The number of nitrogens with zero attached hydrogens (tertiary/aromatic N) is 7. The van der Waals surface area contributed by atoms with Gasteiger partial charge in [0.25, 0.3) is 5.91 Å². The Morgan fingerprint density at radius 1 is 0.986 bits per heavy atom. The minimum Gasteiger partial charge on any atom is -0.491 e. The molecule has 73 heavy (non-hydrogen) atoms. The number of unbranched alkanes of at least 4 members (excludes halogenated alkanes) is 1. The number of alkyl halides is 3. The smallest absolute Gasteiger partial charge is 0.420 e. The summed E-state index contributed by atoms with van der Waals surface area (Å²) in [6.45, 7) is 11.0. The normalized spacial score (nSPS) is 16.1. The van der Waals surface area contributed by atoms with Gasteiger partial charge in [-0.3, -0.25) is 24.1 Å². The zero-order valence-corrected chi connectivity index (χ0v) is 42.4. The van der Waals surface area contributed by atoms with E-state index < -0.39 is 69.5 Å². The molecule has 2 aliphatic heterocycles. The van der Waals surface area contributed by atoms with Crippen molar-refractivity contribution in [1.82, 2.24) is 30.5 Å². The second-order valence-corrected chi connectivity index (χ2v) is 20.2. The van der Waals surface area contributed by atoms with Gasteiger partial charge < -0.3 is 29.9 Å². The van der Waals surface area contributed by atoms with Crippen molar-refractivity contribution >= 4 is 63.7 Å². The minimum absolute atomic E-state index is 0.0457. The number of amides is 4. The number of anilines is 2. The number of thiocarbonyl (C=S) groups is 1. The first-order chi connectivity index (χ1) is 34.5. The van der Waals surface area contributed by atoms with Crippen molar-refractivity contribution in [2.75, 3.05) is 36.2 Å². The van der Waals surface area contributed by atoms with E-state index in [4.69, 9.17) is 21.7 Å². The van der Waals surface area contributed by atoms with E-state index >= 15 is 8.78 Å². The molecule has 3 aromatic carbocycles. The number of benzene rings is 3. The Kier molecular flexibility index (Phi) is 16.2. The molecule has 0 spiro atoms. The third kappa shape index (κ3) is 11.8. The van der Waals surface area contributed by atoms with Gasteiger partial charge in [0, 0.05) is 25.3 Å². The summed E-state index contributed by atoms with van der Waals surface area (Å²) in [5.74, 6) is -4.45. The molecule has 2 fully saturated rings. The highest BCUT2D eigenvalue weighted by Gasteiger charge is 2.52. The Hall–Kier alpha value is -6.96. The molecule has 2 saturated heterocycles. The highest BCUT2D eigenvalue weighted by atomic mass is 32.1. The monoisotopic (exact) mass is 1050 g/mol. The maximum Gasteiger partial charge on any atom is 0.420 e. The number of hydrogen-bond acceptors (Lipinski definition) is 12. The molecule has 22 heteroatoms. The molecule has 2 N–H and O–H groups in total. The van der Waals surface area contributed by atoms with Crippen LogP contribution in [0.2, 0.25) is 0 Å². The van der Waals surface area contributed by atoms with Gasteiger partial charge in [0.15, 0.2) is 28.3 Å². The number of nitrogens with one attached hydrogen (secondary N) is 2. The Morgan fingerprint density at radius 2 is 1.67 bits per heavy atom. The van der Waals surface area contributed by atoms with Crippen molar-refractivity contribution in [3.8, 4) is 33.6 Å². The number of ether oxygens (including phenoxy) is 2. The zero-order chi connectivity index (χ0) is 53.0. The van der Waals surface area contributed by atoms with Gasteiger partial charge in [0.1, 0.15) is 29.8 Å². The number of aromatic nitrogens is 3. The lowest BCUT2D eigenvalue weighted by Gasteiger charge is -2.35. The fourth-order valence-electron chi connectivity index (χ4n) is 8.52. The average molecular weight is 1050 g/mol. The quantitative estimate of drug-likeness (QED) is 0.0514. The van der Waals surface area contributed by atoms with Gasteiger partial charge in [0.2, 0.25) is 17.7 Å². The Labute approximate surface area is 427 Å². The number of likely N-dealkylation sites (tertiary alicyclic amines) is 1. The van der Waals surface area contributed by atoms with Crippen molar-refractivity contribution in [3.05, 3.63) is 107 Å². The van der Waals surface area contributed by atoms with E-state index in [1.54, 1.807) is 21.7 Å². The van der Waals surface area contributed by atoms with Crippen LogP contribution in [0, 0.1) is 35.3 Å². The summed E-state index contributed by atoms with van der Waals surface area (Å²) in [6.07, 6.45) is -0.615. The van der Waals surface area contributed by atoms with Crippen LogP contribution in [0.5, 0.6) is 5.75 Å². The average Bonchev–Trinajstić information content (AvgIpc) is 4.05. The summed E-state index contributed by atoms with van der Waals surface area (Å²) in [6, 6.07) is 13.4. The molecular formula is C51H52F5N9O6S2. The van der Waals surface area contributed by atoms with E-state index in [1.165, 1.54) is 49.3 Å². The van der Waals surface area contributed by atoms with E-state index in [2.05, 4.69) is 25.6 Å². The predicted molar refractivity (Wildman–Crippen MR) is 266 cm³/mol. The zero-order valence-electron chi connectivity index (χ0n) is 40.7. The summed E-state index contributed by atoms with van der Waals surface area (Å²) in [4.78, 5) is 71.4. The number of carbonyl (C=O) groups is 4. The van der Waals surface area contributed by atoms with Crippen molar-refractivity contribution in [2.24, 2.45) is 5.41 Å². The minimum atomic E-state index is -5.23. The second-order valence-electron chi connectivity index (χ2n) is 19.0. The van der Waals surface area contributed by atoms with Crippen molar-refractivity contribution in [2.45, 2.75) is 97.6 Å². The van der Waals surface area contributed by atoms with Crippen LogP contribution in [0.3, 0.4) is 0 Å². The molecular weight excluding hydrogens is 994 g/mol. The van der Waals surface area contributed by atoms with E-state index in [9.17, 15) is 37.6 Å². The van der Waals surface area contributed by atoms with E-state index in [1.807, 2.05) is 52.0 Å². The van der Waals surface area contributed by atoms with Gasteiger partial charge in [0.05, 0.1) is 58.1 Å². The molecule has 2 aromatic heterocycles. The van der Waals surface area contributed by atoms with Crippen LogP contribution in [0.4, 0.5) is 33.3 Å². The fourth-order valence-corrected chi connectivity index (χ4v) is 9.85. The number of hydrogen-bond donors (Lipinski definition) is 2. The van der Waals surface area contributed by atoms with Gasteiger partial charge in [-0.15, -0.1) is 11.3 Å². The summed E-state index contributed by atoms with van der Waals surface area (Å²) in [7, 11) is 0. The number of aryl methyl sites for hydroxylation is 1. The first-order valence-corrected chi connectivity index (χ1v) is 24.5. The third-order valence-corrected chi connectivity index (χ3v) is 13.7. The number of halogens is 5. The van der Waals surface area contributed by atoms with Gasteiger partial charge in [-0.1, -0.05) is 45.0 Å². The SMILES string of the molecule is Cc1ncsc1-c1ccc(CNC(=O)C2CCCN2C(=O)C(NC(=O)COCCCCOc2ccc(-c3ncc(N4C(=S)N(c5ccc(C#N)c(C(F)(F)F)c5F)C(=O)C4(C)C)cn3)cc2F)C(C)(C)C)cc1. The number of rotatable bonds is 17. The Balaban J connectivity index is 0.854. The van der Waals surface area contributed by atoms with E-state index in [0.717, 1.165) is 39.9 Å². The first-order valence-electron chi connectivity index (χ1n) is 23.2. The van der Waals surface area contributed by atoms with Crippen LogP contribution in [-0.2, 0) is 36.6 Å². The molecule has 7 rings (SSSR count). The lowest BCUT2D eigenvalue weighted by Crippen LogP contribution is -2.58. The third-order valence-electron chi connectivity index (χ3n) is 12.4.